The molecule has 3 aromatic carbocycles. The number of fused-ring (bicyclic) bond motifs is 2. The Bertz CT molecular complexity index is 1220. The third kappa shape index (κ3) is 2.28. The quantitative estimate of drug-likeness (QED) is 0.549. The van der Waals surface area contributed by atoms with Gasteiger partial charge in [0.15, 0.2) is 0 Å². The highest BCUT2D eigenvalue weighted by molar-refractivity contribution is 7.04. The Hall–Kier alpha value is -2.92. The van der Waals surface area contributed by atoms with Crippen LogP contribution in [0.5, 0.6) is 0 Å². The Kier molecular flexibility index (Phi) is 3.43. The van der Waals surface area contributed by atoms with E-state index in [2.05, 4.69) is 12.1 Å². The molecular weight excluding hydrogens is 344 g/mol. The van der Waals surface area contributed by atoms with Crippen LogP contribution in [0.3, 0.4) is 0 Å². The summed E-state index contributed by atoms with van der Waals surface area (Å²) >= 11 is 0.986. The van der Waals surface area contributed by atoms with Crippen molar-refractivity contribution in [3.05, 3.63) is 98.0 Å². The fourth-order valence-electron chi connectivity index (χ4n) is 3.90. The molecule has 5 heteroatoms. The minimum absolute atomic E-state index is 0.0973. The summed E-state index contributed by atoms with van der Waals surface area (Å²) in [6, 6.07) is 21.8. The van der Waals surface area contributed by atoms with E-state index in [1.807, 2.05) is 54.6 Å². The Labute approximate surface area is 153 Å². The molecule has 0 N–H and O–H groups in total. The van der Waals surface area contributed by atoms with Crippen LogP contribution in [-0.4, -0.2) is 8.52 Å². The van der Waals surface area contributed by atoms with Crippen LogP contribution in [0.15, 0.2) is 76.3 Å². The molecule has 4 aromatic rings. The Morgan fingerprint density at radius 2 is 1.46 bits per heavy atom. The van der Waals surface area contributed by atoms with Crippen LogP contribution >= 0.6 is 11.5 Å². The standard InChI is InChI=1S/C21H16N2O2S/c24-20-22(17-12-15-7-1-2-8-16(15)13-17)21(25)26-23(20)19-11-5-9-14-6-3-4-10-18(14)19/h1-11,17H,12-13H2. The van der Waals surface area contributed by atoms with Gasteiger partial charge < -0.3 is 0 Å². The summed E-state index contributed by atoms with van der Waals surface area (Å²) in [6.45, 7) is 0. The SMILES string of the molecule is O=c1sn(-c2cccc3ccccc23)c(=O)n1C1Cc2ccccc2C1. The fourth-order valence-corrected chi connectivity index (χ4v) is 4.79. The van der Waals surface area contributed by atoms with E-state index >= 15 is 0 Å². The van der Waals surface area contributed by atoms with Crippen molar-refractivity contribution in [1.82, 2.24) is 8.52 Å². The van der Waals surface area contributed by atoms with Gasteiger partial charge in [0.05, 0.1) is 11.7 Å². The highest BCUT2D eigenvalue weighted by atomic mass is 32.1. The van der Waals surface area contributed by atoms with E-state index in [0.29, 0.717) is 0 Å². The minimum Gasteiger partial charge on any atom is -0.255 e. The van der Waals surface area contributed by atoms with Gasteiger partial charge in [0.25, 0.3) is 0 Å². The third-order valence-electron chi connectivity index (χ3n) is 5.13. The van der Waals surface area contributed by atoms with E-state index in [0.717, 1.165) is 40.8 Å². The molecule has 0 aliphatic heterocycles. The highest BCUT2D eigenvalue weighted by Gasteiger charge is 2.27. The molecule has 4 nitrogen and oxygen atoms in total. The predicted molar refractivity (Wildman–Crippen MR) is 105 cm³/mol. The summed E-state index contributed by atoms with van der Waals surface area (Å²) in [5.74, 6) is 0. The number of aromatic nitrogens is 2. The molecule has 128 valence electrons. The maximum absolute atomic E-state index is 13.1. The summed E-state index contributed by atoms with van der Waals surface area (Å²) in [4.78, 5) is 25.6. The van der Waals surface area contributed by atoms with Gasteiger partial charge in [-0.25, -0.2) is 13.3 Å². The average Bonchev–Trinajstić information content (AvgIpc) is 3.21. The van der Waals surface area contributed by atoms with Crippen LogP contribution < -0.4 is 10.6 Å². The molecule has 0 atom stereocenters. The van der Waals surface area contributed by atoms with Gasteiger partial charge in [-0.2, -0.15) is 0 Å². The number of nitrogens with zero attached hydrogens (tertiary/aromatic N) is 2. The van der Waals surface area contributed by atoms with Crippen LogP contribution in [-0.2, 0) is 12.8 Å². The van der Waals surface area contributed by atoms with Crippen molar-refractivity contribution >= 4 is 22.3 Å². The zero-order valence-corrected chi connectivity index (χ0v) is 14.8. The molecular formula is C21H16N2O2S. The summed E-state index contributed by atoms with van der Waals surface area (Å²) < 4.78 is 2.97. The van der Waals surface area contributed by atoms with Crippen LogP contribution in [0.1, 0.15) is 17.2 Å². The summed E-state index contributed by atoms with van der Waals surface area (Å²) in [5, 5.41) is 2.03. The number of benzene rings is 3. The van der Waals surface area contributed by atoms with E-state index in [9.17, 15) is 9.59 Å². The van der Waals surface area contributed by atoms with Crippen molar-refractivity contribution in [2.45, 2.75) is 18.9 Å². The molecule has 1 heterocycles. The summed E-state index contributed by atoms with van der Waals surface area (Å²) in [7, 11) is 0. The first kappa shape index (κ1) is 15.3. The smallest absolute Gasteiger partial charge is 0.255 e. The number of rotatable bonds is 2. The molecule has 0 saturated heterocycles. The van der Waals surface area contributed by atoms with Crippen LogP contribution in [0.2, 0.25) is 0 Å². The zero-order valence-electron chi connectivity index (χ0n) is 14.0. The first-order valence-corrected chi connectivity index (χ1v) is 9.39. The first-order chi connectivity index (χ1) is 12.7. The highest BCUT2D eigenvalue weighted by Crippen LogP contribution is 2.29. The molecule has 0 radical (unpaired) electrons. The lowest BCUT2D eigenvalue weighted by Gasteiger charge is -2.09. The molecule has 26 heavy (non-hydrogen) atoms. The predicted octanol–water partition coefficient (Wildman–Crippen LogP) is 3.55. The number of hydrogen-bond acceptors (Lipinski definition) is 3. The van der Waals surface area contributed by atoms with Gasteiger partial charge in [0.1, 0.15) is 0 Å². The first-order valence-electron chi connectivity index (χ1n) is 8.62. The van der Waals surface area contributed by atoms with Gasteiger partial charge in [0.2, 0.25) is 0 Å². The van der Waals surface area contributed by atoms with Crippen molar-refractivity contribution in [1.29, 1.82) is 0 Å². The molecule has 1 aromatic heterocycles. The summed E-state index contributed by atoms with van der Waals surface area (Å²) in [6.07, 6.45) is 1.47. The van der Waals surface area contributed by atoms with Crippen molar-refractivity contribution in [3.8, 4) is 5.69 Å². The Morgan fingerprint density at radius 3 is 2.23 bits per heavy atom. The third-order valence-corrected chi connectivity index (χ3v) is 6.01. The topological polar surface area (TPSA) is 44.0 Å². The maximum Gasteiger partial charge on any atom is 0.346 e. The second-order valence-corrected chi connectivity index (χ2v) is 7.53. The minimum atomic E-state index is -0.242. The normalized spacial score (nSPS) is 14.0. The van der Waals surface area contributed by atoms with Gasteiger partial charge in [-0.3, -0.25) is 4.79 Å². The maximum atomic E-state index is 13.1. The molecule has 5 rings (SSSR count). The van der Waals surface area contributed by atoms with E-state index in [1.54, 1.807) is 0 Å². The van der Waals surface area contributed by atoms with Gasteiger partial charge in [-0.05, 0) is 35.4 Å². The van der Waals surface area contributed by atoms with Gasteiger partial charge >= 0.3 is 10.6 Å². The van der Waals surface area contributed by atoms with Gasteiger partial charge in [0, 0.05) is 16.9 Å². The van der Waals surface area contributed by atoms with E-state index in [-0.39, 0.29) is 16.6 Å². The molecule has 1 aliphatic rings. The van der Waals surface area contributed by atoms with E-state index in [1.165, 1.54) is 19.7 Å². The van der Waals surface area contributed by atoms with Crippen molar-refractivity contribution < 1.29 is 0 Å². The van der Waals surface area contributed by atoms with Crippen molar-refractivity contribution in [3.63, 3.8) is 0 Å². The second-order valence-electron chi connectivity index (χ2n) is 6.63. The largest absolute Gasteiger partial charge is 0.346 e. The lowest BCUT2D eigenvalue weighted by molar-refractivity contribution is 0.498. The second kappa shape index (κ2) is 5.81. The van der Waals surface area contributed by atoms with Crippen molar-refractivity contribution in [2.24, 2.45) is 0 Å². The monoisotopic (exact) mass is 360 g/mol. The molecule has 0 amide bonds. The Balaban J connectivity index is 1.65. The van der Waals surface area contributed by atoms with Crippen LogP contribution in [0, 0.1) is 0 Å². The molecule has 1 aliphatic carbocycles. The van der Waals surface area contributed by atoms with Gasteiger partial charge in [-0.1, -0.05) is 60.7 Å². The molecule has 0 bridgehead atoms. The lowest BCUT2D eigenvalue weighted by Crippen LogP contribution is -2.32. The molecule has 0 saturated carbocycles. The number of hydrogen-bond donors (Lipinski definition) is 0. The van der Waals surface area contributed by atoms with E-state index < -0.39 is 0 Å². The van der Waals surface area contributed by atoms with Crippen LogP contribution in [0.4, 0.5) is 0 Å². The fraction of sp³-hybridized carbons (Fsp3) is 0.143. The lowest BCUT2D eigenvalue weighted by atomic mass is 10.1. The van der Waals surface area contributed by atoms with Crippen molar-refractivity contribution in [2.75, 3.05) is 0 Å². The Morgan fingerprint density at radius 1 is 0.808 bits per heavy atom. The summed E-state index contributed by atoms with van der Waals surface area (Å²) in [5.41, 5.74) is 2.98. The molecule has 0 unspecified atom stereocenters. The van der Waals surface area contributed by atoms with Gasteiger partial charge in [-0.15, -0.1) is 0 Å². The molecule has 0 fully saturated rings. The van der Waals surface area contributed by atoms with E-state index in [4.69, 9.17) is 0 Å². The average molecular weight is 360 g/mol. The van der Waals surface area contributed by atoms with Crippen LogP contribution in [0.25, 0.3) is 16.5 Å². The zero-order chi connectivity index (χ0) is 17.7. The molecule has 0 spiro atoms.